The Hall–Kier alpha value is -4.39. The molecule has 3 N–H and O–H groups in total. The average Bonchev–Trinajstić information content (AvgIpc) is 3.39. The number of hydrogen-bond acceptors (Lipinski definition) is 9. The summed E-state index contributed by atoms with van der Waals surface area (Å²) in [7, 11) is 5.42. The second-order valence-corrected chi connectivity index (χ2v) is 9.47. The molecule has 40 heavy (non-hydrogen) atoms. The Morgan fingerprint density at radius 2 is 2.00 bits per heavy atom. The summed E-state index contributed by atoms with van der Waals surface area (Å²) in [4.78, 5) is 37.1. The van der Waals surface area contributed by atoms with Crippen LogP contribution < -0.4 is 16.0 Å². The first kappa shape index (κ1) is 30.2. The van der Waals surface area contributed by atoms with Gasteiger partial charge < -0.3 is 25.8 Å². The standard InChI is InChI=1S/C27H37FN10O2/c1-6-12-29-25-22(17-31-27(33-25)32-21-10-7-9-20(28)16-21)23-18-38(35-34-23)15-13-30-26(40)19(2)37(5)24(39)11-8-14-36(3)4/h7-11,16-19H,6,12-15H2,1-5H3,(H,30,40)(H2,29,31,32,33). The molecule has 0 aliphatic heterocycles. The molecular formula is C27H37FN10O2. The second kappa shape index (κ2) is 14.7. The third-order valence-electron chi connectivity index (χ3n) is 5.91. The fraction of sp³-hybridized carbons (Fsp3) is 0.407. The van der Waals surface area contributed by atoms with Crippen molar-refractivity contribution >= 4 is 29.3 Å². The fourth-order valence-corrected chi connectivity index (χ4v) is 3.52. The second-order valence-electron chi connectivity index (χ2n) is 9.47. The predicted molar refractivity (Wildman–Crippen MR) is 152 cm³/mol. The number of carbonyl (C=O) groups is 2. The predicted octanol–water partition coefficient (Wildman–Crippen LogP) is 2.52. The van der Waals surface area contributed by atoms with E-state index in [1.54, 1.807) is 49.3 Å². The molecule has 2 aromatic heterocycles. The molecule has 0 aliphatic rings. The van der Waals surface area contributed by atoms with Crippen molar-refractivity contribution in [1.82, 2.24) is 40.1 Å². The van der Waals surface area contributed by atoms with Gasteiger partial charge in [-0.25, -0.2) is 9.37 Å². The molecule has 1 unspecified atom stereocenters. The van der Waals surface area contributed by atoms with Crippen molar-refractivity contribution in [3.8, 4) is 11.3 Å². The Morgan fingerprint density at radius 1 is 1.20 bits per heavy atom. The van der Waals surface area contributed by atoms with Gasteiger partial charge in [-0.2, -0.15) is 4.98 Å². The number of rotatable bonds is 14. The molecule has 0 saturated carbocycles. The zero-order chi connectivity index (χ0) is 29.1. The molecule has 0 bridgehead atoms. The van der Waals surface area contributed by atoms with E-state index in [0.717, 1.165) is 6.42 Å². The van der Waals surface area contributed by atoms with Crippen molar-refractivity contribution in [2.24, 2.45) is 0 Å². The Labute approximate surface area is 233 Å². The highest BCUT2D eigenvalue weighted by Gasteiger charge is 2.20. The summed E-state index contributed by atoms with van der Waals surface area (Å²) in [5.74, 6) is 0.0166. The first-order valence-electron chi connectivity index (χ1n) is 13.1. The van der Waals surface area contributed by atoms with Gasteiger partial charge in [-0.3, -0.25) is 14.3 Å². The highest BCUT2D eigenvalue weighted by molar-refractivity contribution is 5.92. The third kappa shape index (κ3) is 8.83. The van der Waals surface area contributed by atoms with Crippen LogP contribution in [0.5, 0.6) is 0 Å². The zero-order valence-electron chi connectivity index (χ0n) is 23.6. The number of nitrogens with zero attached hydrogens (tertiary/aromatic N) is 7. The van der Waals surface area contributed by atoms with Crippen molar-refractivity contribution in [3.05, 3.63) is 54.6 Å². The zero-order valence-corrected chi connectivity index (χ0v) is 23.6. The van der Waals surface area contributed by atoms with Crippen molar-refractivity contribution in [3.63, 3.8) is 0 Å². The Kier molecular flexibility index (Phi) is 11.1. The monoisotopic (exact) mass is 552 g/mol. The number of halogens is 1. The summed E-state index contributed by atoms with van der Waals surface area (Å²) in [6, 6.07) is 5.42. The number of hydrogen-bond donors (Lipinski definition) is 3. The maximum Gasteiger partial charge on any atom is 0.246 e. The minimum Gasteiger partial charge on any atom is -0.369 e. The van der Waals surface area contributed by atoms with E-state index in [2.05, 4.69) is 36.2 Å². The van der Waals surface area contributed by atoms with Crippen LogP contribution in [0.25, 0.3) is 11.3 Å². The van der Waals surface area contributed by atoms with E-state index in [1.807, 2.05) is 25.9 Å². The van der Waals surface area contributed by atoms with E-state index in [0.29, 0.717) is 54.9 Å². The molecule has 2 heterocycles. The van der Waals surface area contributed by atoms with Gasteiger partial charge in [0.25, 0.3) is 0 Å². The number of aromatic nitrogens is 5. The summed E-state index contributed by atoms with van der Waals surface area (Å²) >= 11 is 0. The van der Waals surface area contributed by atoms with E-state index < -0.39 is 6.04 Å². The van der Waals surface area contributed by atoms with Crippen LogP contribution in [0.1, 0.15) is 20.3 Å². The van der Waals surface area contributed by atoms with Crippen molar-refractivity contribution in [2.45, 2.75) is 32.9 Å². The van der Waals surface area contributed by atoms with Gasteiger partial charge in [0, 0.05) is 44.6 Å². The summed E-state index contributed by atoms with van der Waals surface area (Å²) in [6.45, 7) is 5.73. The highest BCUT2D eigenvalue weighted by atomic mass is 19.1. The number of amides is 2. The molecule has 2 amide bonds. The number of anilines is 3. The van der Waals surface area contributed by atoms with Gasteiger partial charge in [0.05, 0.1) is 18.3 Å². The van der Waals surface area contributed by atoms with Crippen LogP contribution in [0, 0.1) is 5.82 Å². The quantitative estimate of drug-likeness (QED) is 0.258. The molecule has 12 nitrogen and oxygen atoms in total. The van der Waals surface area contributed by atoms with E-state index in [4.69, 9.17) is 0 Å². The average molecular weight is 553 g/mol. The third-order valence-corrected chi connectivity index (χ3v) is 5.91. The molecule has 214 valence electrons. The van der Waals surface area contributed by atoms with Crippen molar-refractivity contribution in [2.75, 3.05) is 51.4 Å². The Balaban J connectivity index is 1.60. The molecule has 0 fully saturated rings. The Morgan fingerprint density at radius 3 is 2.73 bits per heavy atom. The van der Waals surface area contributed by atoms with Gasteiger partial charge in [0.15, 0.2) is 0 Å². The number of benzene rings is 1. The maximum absolute atomic E-state index is 13.6. The molecule has 0 saturated heterocycles. The van der Waals surface area contributed by atoms with Crippen molar-refractivity contribution < 1.29 is 14.0 Å². The van der Waals surface area contributed by atoms with Crippen LogP contribution in [0.15, 0.2) is 48.8 Å². The highest BCUT2D eigenvalue weighted by Crippen LogP contribution is 2.26. The van der Waals surface area contributed by atoms with Crippen LogP contribution >= 0.6 is 0 Å². The number of likely N-dealkylation sites (N-methyl/N-ethyl adjacent to an activating group) is 2. The summed E-state index contributed by atoms with van der Waals surface area (Å²) in [5.41, 5.74) is 1.75. The van der Waals surface area contributed by atoms with Crippen LogP contribution in [-0.2, 0) is 16.1 Å². The lowest BCUT2D eigenvalue weighted by atomic mass is 10.2. The van der Waals surface area contributed by atoms with E-state index >= 15 is 0 Å². The molecule has 3 rings (SSSR count). The first-order chi connectivity index (χ1) is 19.2. The summed E-state index contributed by atoms with van der Waals surface area (Å²) in [5, 5.41) is 17.5. The Bertz CT molecular complexity index is 1310. The lowest BCUT2D eigenvalue weighted by molar-refractivity contribution is -0.135. The summed E-state index contributed by atoms with van der Waals surface area (Å²) in [6.07, 6.45) is 7.49. The van der Waals surface area contributed by atoms with E-state index in [-0.39, 0.29) is 17.6 Å². The van der Waals surface area contributed by atoms with Crippen LogP contribution in [0.4, 0.5) is 21.8 Å². The van der Waals surface area contributed by atoms with Crippen LogP contribution in [-0.4, -0.2) is 93.4 Å². The molecule has 1 aromatic carbocycles. The van der Waals surface area contributed by atoms with Gasteiger partial charge >= 0.3 is 0 Å². The molecule has 13 heteroatoms. The largest absolute Gasteiger partial charge is 0.369 e. The van der Waals surface area contributed by atoms with Gasteiger partial charge in [-0.05, 0) is 45.6 Å². The minimum atomic E-state index is -0.633. The minimum absolute atomic E-state index is 0.239. The number of carbonyl (C=O) groups excluding carboxylic acids is 2. The van der Waals surface area contributed by atoms with Gasteiger partial charge in [-0.15, -0.1) is 5.10 Å². The molecule has 3 aromatic rings. The molecular weight excluding hydrogens is 515 g/mol. The maximum atomic E-state index is 13.6. The van der Waals surface area contributed by atoms with Gasteiger partial charge in [-0.1, -0.05) is 24.3 Å². The smallest absolute Gasteiger partial charge is 0.246 e. The normalized spacial score (nSPS) is 12.0. The topological polar surface area (TPSA) is 133 Å². The van der Waals surface area contributed by atoms with Crippen LogP contribution in [0.2, 0.25) is 0 Å². The SMILES string of the molecule is CCCNc1nc(Nc2cccc(F)c2)ncc1-c1cn(CCNC(=O)C(C)N(C)C(=O)C=CCN(C)C)nn1. The van der Waals surface area contributed by atoms with Gasteiger partial charge in [0.2, 0.25) is 17.8 Å². The molecule has 0 radical (unpaired) electrons. The molecule has 0 spiro atoms. The van der Waals surface area contributed by atoms with E-state index in [9.17, 15) is 14.0 Å². The summed E-state index contributed by atoms with van der Waals surface area (Å²) < 4.78 is 15.2. The molecule has 1 atom stereocenters. The molecule has 0 aliphatic carbocycles. The first-order valence-corrected chi connectivity index (χ1v) is 13.1. The fourth-order valence-electron chi connectivity index (χ4n) is 3.52. The lowest BCUT2D eigenvalue weighted by Crippen LogP contribution is -2.46. The lowest BCUT2D eigenvalue weighted by Gasteiger charge is -2.23. The number of nitrogens with one attached hydrogen (secondary N) is 3. The van der Waals surface area contributed by atoms with Crippen LogP contribution in [0.3, 0.4) is 0 Å². The van der Waals surface area contributed by atoms with E-state index in [1.165, 1.54) is 23.1 Å². The van der Waals surface area contributed by atoms with Gasteiger partial charge in [0.1, 0.15) is 23.4 Å². The van der Waals surface area contributed by atoms with Crippen molar-refractivity contribution in [1.29, 1.82) is 0 Å².